The molecule has 10 aromatic carbocycles. The van der Waals surface area contributed by atoms with Crippen LogP contribution in [0.15, 0.2) is 250 Å². The first-order valence-electron chi connectivity index (χ1n) is 25.1. The lowest BCUT2D eigenvalue weighted by Crippen LogP contribution is -2.27. The molecular formula is C69H54N2O. The summed E-state index contributed by atoms with van der Waals surface area (Å²) in [6, 6.07) is 86.4. The molecule has 1 N–H and O–H groups in total. The second kappa shape index (κ2) is 19.1. The number of nitrogens with one attached hydrogen (secondary N) is 1. The molecule has 72 heavy (non-hydrogen) atoms. The molecule has 1 heterocycles. The molecule has 11 aromatic rings. The lowest BCUT2D eigenvalue weighted by Gasteiger charge is -2.34. The SMILES string of the molecule is C=Cc1ccc(OCCCCC2(c3ccccc3)c3ccccc3-c3ccc(N(c4ccc(-c5ccccc5)cc4)c4ccc(-c5ccc6[nH]c7ccc(-c8ccc(C=C)cc8)cc7c6c5)cc4)cc32)cc1. The minimum Gasteiger partial charge on any atom is -0.494 e. The van der Waals surface area contributed by atoms with Gasteiger partial charge in [0.2, 0.25) is 0 Å². The van der Waals surface area contributed by atoms with E-state index in [-0.39, 0.29) is 5.41 Å². The number of rotatable bonds is 15. The minimum atomic E-state index is -0.362. The largest absolute Gasteiger partial charge is 0.494 e. The number of hydrogen-bond acceptors (Lipinski definition) is 2. The number of ether oxygens (including phenoxy) is 1. The van der Waals surface area contributed by atoms with Gasteiger partial charge in [-0.05, 0) is 164 Å². The summed E-state index contributed by atoms with van der Waals surface area (Å²) >= 11 is 0. The van der Waals surface area contributed by atoms with Crippen LogP contribution in [0.4, 0.5) is 17.1 Å². The summed E-state index contributed by atoms with van der Waals surface area (Å²) in [5, 5.41) is 2.43. The highest BCUT2D eigenvalue weighted by Gasteiger charge is 2.44. The maximum atomic E-state index is 6.28. The van der Waals surface area contributed by atoms with Crippen LogP contribution in [-0.2, 0) is 5.41 Å². The molecule has 3 nitrogen and oxygen atoms in total. The van der Waals surface area contributed by atoms with Gasteiger partial charge in [0.05, 0.1) is 6.61 Å². The normalized spacial score (nSPS) is 13.7. The summed E-state index contributed by atoms with van der Waals surface area (Å²) in [4.78, 5) is 6.09. The Bertz CT molecular complexity index is 3720. The Labute approximate surface area is 422 Å². The molecule has 0 spiro atoms. The van der Waals surface area contributed by atoms with Crippen LogP contribution in [-0.4, -0.2) is 11.6 Å². The van der Waals surface area contributed by atoms with E-state index >= 15 is 0 Å². The summed E-state index contributed by atoms with van der Waals surface area (Å²) in [5.74, 6) is 0.889. The zero-order chi connectivity index (χ0) is 48.4. The van der Waals surface area contributed by atoms with Gasteiger partial charge >= 0.3 is 0 Å². The molecule has 12 rings (SSSR count). The molecular weight excluding hydrogens is 873 g/mol. The van der Waals surface area contributed by atoms with E-state index in [4.69, 9.17) is 4.74 Å². The molecule has 0 bridgehead atoms. The molecule has 3 heteroatoms. The smallest absolute Gasteiger partial charge is 0.119 e. The Morgan fingerprint density at radius 3 is 1.51 bits per heavy atom. The zero-order valence-electron chi connectivity index (χ0n) is 40.3. The molecule has 0 fully saturated rings. The van der Waals surface area contributed by atoms with Crippen molar-refractivity contribution in [3.63, 3.8) is 0 Å². The Morgan fingerprint density at radius 2 is 0.903 bits per heavy atom. The average molecular weight is 927 g/mol. The molecule has 0 aliphatic heterocycles. The van der Waals surface area contributed by atoms with Crippen molar-refractivity contribution in [3.05, 3.63) is 278 Å². The molecule has 1 aliphatic rings. The highest BCUT2D eigenvalue weighted by molar-refractivity contribution is 6.09. The maximum Gasteiger partial charge on any atom is 0.119 e. The fourth-order valence-corrected chi connectivity index (χ4v) is 11.1. The van der Waals surface area contributed by atoms with E-state index in [1.807, 2.05) is 24.3 Å². The van der Waals surface area contributed by atoms with Crippen LogP contribution in [0, 0.1) is 0 Å². The second-order valence-electron chi connectivity index (χ2n) is 18.9. The van der Waals surface area contributed by atoms with Crippen molar-refractivity contribution in [3.8, 4) is 50.3 Å². The van der Waals surface area contributed by atoms with Crippen molar-refractivity contribution < 1.29 is 4.74 Å². The van der Waals surface area contributed by atoms with Crippen LogP contribution in [0.3, 0.4) is 0 Å². The Kier molecular flexibility index (Phi) is 11.8. The van der Waals surface area contributed by atoms with E-state index in [0.717, 1.165) is 69.8 Å². The van der Waals surface area contributed by atoms with Crippen molar-refractivity contribution in [1.29, 1.82) is 0 Å². The predicted molar refractivity (Wildman–Crippen MR) is 305 cm³/mol. The van der Waals surface area contributed by atoms with Crippen LogP contribution in [0.2, 0.25) is 0 Å². The first-order valence-corrected chi connectivity index (χ1v) is 25.1. The highest BCUT2D eigenvalue weighted by atomic mass is 16.5. The topological polar surface area (TPSA) is 28.3 Å². The Morgan fingerprint density at radius 1 is 0.417 bits per heavy atom. The van der Waals surface area contributed by atoms with Crippen LogP contribution < -0.4 is 9.64 Å². The summed E-state index contributed by atoms with van der Waals surface area (Å²) in [7, 11) is 0. The number of H-pyrrole nitrogens is 1. The molecule has 0 saturated heterocycles. The minimum absolute atomic E-state index is 0.362. The third-order valence-electron chi connectivity index (χ3n) is 14.8. The predicted octanol–water partition coefficient (Wildman–Crippen LogP) is 18.6. The number of unbranched alkanes of at least 4 members (excludes halogenated alkanes) is 1. The number of anilines is 3. The fraction of sp³-hybridized carbons (Fsp3) is 0.0725. The lowest BCUT2D eigenvalue weighted by atomic mass is 9.69. The van der Waals surface area contributed by atoms with Gasteiger partial charge in [0.25, 0.3) is 0 Å². The van der Waals surface area contributed by atoms with Gasteiger partial charge in [-0.2, -0.15) is 0 Å². The van der Waals surface area contributed by atoms with Crippen molar-refractivity contribution >= 4 is 51.0 Å². The summed E-state index contributed by atoms with van der Waals surface area (Å²) in [6.45, 7) is 8.48. The number of nitrogens with zero attached hydrogens (tertiary/aromatic N) is 1. The number of aromatic nitrogens is 1. The third kappa shape index (κ3) is 8.19. The van der Waals surface area contributed by atoms with Crippen LogP contribution in [0.25, 0.3) is 78.5 Å². The molecule has 1 unspecified atom stereocenters. The molecule has 1 aromatic heterocycles. The van der Waals surface area contributed by atoms with Gasteiger partial charge in [0.1, 0.15) is 5.75 Å². The van der Waals surface area contributed by atoms with E-state index in [1.54, 1.807) is 0 Å². The van der Waals surface area contributed by atoms with E-state index in [0.29, 0.717) is 6.61 Å². The van der Waals surface area contributed by atoms with Gasteiger partial charge in [-0.3, -0.25) is 0 Å². The summed E-state index contributed by atoms with van der Waals surface area (Å²) in [5.41, 5.74) is 21.1. The van der Waals surface area contributed by atoms with Crippen molar-refractivity contribution in [1.82, 2.24) is 4.98 Å². The highest BCUT2D eigenvalue weighted by Crippen LogP contribution is 2.56. The average Bonchev–Trinajstić information content (AvgIpc) is 3.96. The first kappa shape index (κ1) is 44.3. The summed E-state index contributed by atoms with van der Waals surface area (Å²) < 4.78 is 6.28. The number of benzene rings is 10. The third-order valence-corrected chi connectivity index (χ3v) is 14.8. The van der Waals surface area contributed by atoms with E-state index in [9.17, 15) is 0 Å². The molecule has 1 aliphatic carbocycles. The number of fused-ring (bicyclic) bond motifs is 6. The van der Waals surface area contributed by atoms with E-state index < -0.39 is 0 Å². The quantitative estimate of drug-likeness (QED) is 0.104. The van der Waals surface area contributed by atoms with Gasteiger partial charge in [-0.1, -0.05) is 189 Å². The fourth-order valence-electron chi connectivity index (χ4n) is 11.1. The van der Waals surface area contributed by atoms with Gasteiger partial charge in [0, 0.05) is 44.3 Å². The van der Waals surface area contributed by atoms with Gasteiger partial charge in [-0.25, -0.2) is 0 Å². The standard InChI is InChI=1S/C69H54N2O/c1-3-48-21-25-52(26-22-48)54-31-41-67-63(45-54)64-46-55(32-42-68(64)70-67)53-29-35-58(36-30-53)71(57-33-27-51(28-34-57)50-15-7-5-8-16-50)59-37-40-62-61-19-11-12-20-65(61)69(66(62)47-59,56-17-9-6-10-18-56)43-13-14-44-72-60-38-23-49(4-2)24-39-60/h3-12,15-42,45-47,70H,1-2,13-14,43-44H2. The van der Waals surface area contributed by atoms with E-state index in [2.05, 4.69) is 247 Å². The van der Waals surface area contributed by atoms with Crippen LogP contribution in [0.1, 0.15) is 47.1 Å². The number of hydrogen-bond donors (Lipinski definition) is 1. The van der Waals surface area contributed by atoms with Crippen molar-refractivity contribution in [2.45, 2.75) is 24.7 Å². The van der Waals surface area contributed by atoms with Crippen molar-refractivity contribution in [2.24, 2.45) is 0 Å². The molecule has 0 saturated carbocycles. The maximum absolute atomic E-state index is 6.28. The van der Waals surface area contributed by atoms with Gasteiger partial charge in [-0.15, -0.1) is 0 Å². The Balaban J connectivity index is 0.924. The Hall–Kier alpha value is -8.92. The molecule has 1 atom stereocenters. The van der Waals surface area contributed by atoms with Crippen LogP contribution >= 0.6 is 0 Å². The molecule has 0 amide bonds. The van der Waals surface area contributed by atoms with Gasteiger partial charge in [0.15, 0.2) is 0 Å². The zero-order valence-corrected chi connectivity index (χ0v) is 40.3. The van der Waals surface area contributed by atoms with E-state index in [1.165, 1.54) is 66.4 Å². The second-order valence-corrected chi connectivity index (χ2v) is 18.9. The van der Waals surface area contributed by atoms with Gasteiger partial charge < -0.3 is 14.6 Å². The first-order chi connectivity index (χ1) is 35.6. The molecule has 346 valence electrons. The lowest BCUT2D eigenvalue weighted by molar-refractivity contribution is 0.301. The monoisotopic (exact) mass is 926 g/mol. The number of aromatic amines is 1. The summed E-state index contributed by atoms with van der Waals surface area (Å²) in [6.07, 6.45) is 6.60. The van der Waals surface area contributed by atoms with Crippen LogP contribution in [0.5, 0.6) is 5.75 Å². The van der Waals surface area contributed by atoms with Crippen molar-refractivity contribution in [2.75, 3.05) is 11.5 Å². The molecule has 0 radical (unpaired) electrons.